The minimum absolute atomic E-state index is 0.109. The summed E-state index contributed by atoms with van der Waals surface area (Å²) < 4.78 is 5.08. The summed E-state index contributed by atoms with van der Waals surface area (Å²) in [5, 5.41) is 19.0. The number of aliphatic hydroxyl groups is 1. The van der Waals surface area contributed by atoms with Crippen molar-refractivity contribution in [3.05, 3.63) is 40.0 Å². The van der Waals surface area contributed by atoms with Crippen LogP contribution in [0.4, 0.5) is 15.7 Å². The van der Waals surface area contributed by atoms with Gasteiger partial charge in [-0.2, -0.15) is 0 Å². The molecule has 0 fully saturated rings. The van der Waals surface area contributed by atoms with Crippen LogP contribution in [0.5, 0.6) is 0 Å². The molecule has 10 nitrogen and oxygen atoms in total. The van der Waals surface area contributed by atoms with Crippen molar-refractivity contribution in [3.8, 4) is 0 Å². The van der Waals surface area contributed by atoms with Crippen LogP contribution in [-0.2, 0) is 16.0 Å². The zero-order valence-electron chi connectivity index (χ0n) is 18.9. The van der Waals surface area contributed by atoms with Gasteiger partial charge in [0.05, 0.1) is 5.69 Å². The van der Waals surface area contributed by atoms with Gasteiger partial charge in [-0.05, 0) is 52.7 Å². The van der Waals surface area contributed by atoms with E-state index in [0.29, 0.717) is 34.8 Å². The van der Waals surface area contributed by atoms with Crippen LogP contribution in [0.15, 0.2) is 23.9 Å². The number of carbonyl (C=O) groups excluding carboxylic acids is 3. The van der Waals surface area contributed by atoms with Crippen LogP contribution in [0, 0.1) is 0 Å². The Bertz CT molecular complexity index is 1090. The fourth-order valence-corrected chi connectivity index (χ4v) is 4.09. The number of anilines is 2. The number of amides is 2. The lowest BCUT2D eigenvalue weighted by atomic mass is 9.93. The third kappa shape index (κ3) is 6.28. The molecular weight excluding hydrogens is 446 g/mol. The van der Waals surface area contributed by atoms with Crippen molar-refractivity contribution in [1.82, 2.24) is 15.3 Å². The molecule has 11 heteroatoms. The molecule has 0 bridgehead atoms. The lowest BCUT2D eigenvalue weighted by Crippen LogP contribution is -2.37. The molecule has 33 heavy (non-hydrogen) atoms. The Morgan fingerprint density at radius 3 is 2.64 bits per heavy atom. The van der Waals surface area contributed by atoms with Crippen molar-refractivity contribution in [2.75, 3.05) is 23.7 Å². The molecule has 0 unspecified atom stereocenters. The van der Waals surface area contributed by atoms with E-state index in [1.807, 2.05) is 6.92 Å². The lowest BCUT2D eigenvalue weighted by molar-refractivity contribution is -0.115. The Morgan fingerprint density at radius 1 is 1.24 bits per heavy atom. The Morgan fingerprint density at radius 2 is 2.00 bits per heavy atom. The first-order valence-corrected chi connectivity index (χ1v) is 11.3. The molecule has 2 aromatic heterocycles. The van der Waals surface area contributed by atoms with Gasteiger partial charge in [-0.1, -0.05) is 11.3 Å². The molecule has 0 saturated heterocycles. The van der Waals surface area contributed by atoms with Crippen LogP contribution in [0.3, 0.4) is 0 Å². The summed E-state index contributed by atoms with van der Waals surface area (Å²) >= 11 is 1.03. The normalized spacial score (nSPS) is 14.8. The predicted octanol–water partition coefficient (Wildman–Crippen LogP) is 3.53. The second-order valence-electron chi connectivity index (χ2n) is 8.32. The van der Waals surface area contributed by atoms with Gasteiger partial charge in [-0.25, -0.2) is 14.8 Å². The molecule has 176 valence electrons. The lowest BCUT2D eigenvalue weighted by Gasteiger charge is -2.19. The number of aromatic nitrogens is 2. The summed E-state index contributed by atoms with van der Waals surface area (Å²) in [7, 11) is 0. The van der Waals surface area contributed by atoms with E-state index in [9.17, 15) is 19.5 Å². The van der Waals surface area contributed by atoms with E-state index in [4.69, 9.17) is 4.74 Å². The van der Waals surface area contributed by atoms with Crippen LogP contribution in [0.2, 0.25) is 0 Å². The fourth-order valence-electron chi connectivity index (χ4n) is 3.10. The van der Waals surface area contributed by atoms with E-state index in [-0.39, 0.29) is 28.8 Å². The standard InChI is InChI=1S/C22H27N5O5S/c1-5-23-15-9-6-12(10-24-15)17(29)13-7-8-14-19(18(13)30)33-20(26-14)27-16(28)11-25-21(31)32-22(2,3)4/h6,9-10,29H,5,7-8,11H2,1-4H3,(H,23,24)(H,25,31)(H,26,27,28). The highest BCUT2D eigenvalue weighted by molar-refractivity contribution is 7.18. The van der Waals surface area contributed by atoms with Crippen molar-refractivity contribution in [2.24, 2.45) is 0 Å². The van der Waals surface area contributed by atoms with Crippen LogP contribution in [-0.4, -0.2) is 51.5 Å². The van der Waals surface area contributed by atoms with Gasteiger partial charge in [0.2, 0.25) is 11.7 Å². The first-order valence-electron chi connectivity index (χ1n) is 10.5. The Hall–Kier alpha value is -3.47. The maximum atomic E-state index is 13.0. The number of ether oxygens (including phenoxy) is 1. The van der Waals surface area contributed by atoms with Crippen LogP contribution in [0.1, 0.15) is 55.0 Å². The number of pyridine rings is 1. The molecule has 1 aliphatic carbocycles. The molecule has 0 saturated carbocycles. The zero-order chi connectivity index (χ0) is 24.2. The maximum Gasteiger partial charge on any atom is 0.408 e. The van der Waals surface area contributed by atoms with Crippen LogP contribution in [0.25, 0.3) is 5.76 Å². The summed E-state index contributed by atoms with van der Waals surface area (Å²) in [5.74, 6) is -0.249. The number of fused-ring (bicyclic) bond motifs is 1. The number of thiazole rings is 1. The molecule has 0 aromatic carbocycles. The molecule has 0 atom stereocenters. The van der Waals surface area contributed by atoms with Crippen LogP contribution < -0.4 is 16.0 Å². The minimum Gasteiger partial charge on any atom is -0.507 e. The molecule has 0 aliphatic heterocycles. The zero-order valence-corrected chi connectivity index (χ0v) is 19.8. The Balaban J connectivity index is 1.67. The number of carbonyl (C=O) groups is 3. The highest BCUT2D eigenvalue weighted by Crippen LogP contribution is 2.34. The van der Waals surface area contributed by atoms with Gasteiger partial charge >= 0.3 is 6.09 Å². The maximum absolute atomic E-state index is 13.0. The Labute approximate surface area is 195 Å². The highest BCUT2D eigenvalue weighted by atomic mass is 32.1. The first kappa shape index (κ1) is 24.2. The average molecular weight is 474 g/mol. The SMILES string of the molecule is CCNc1ccc(C(O)=C2CCc3nc(NC(=O)CNC(=O)OC(C)(C)C)sc3C2=O)cn1. The fraction of sp³-hybridized carbons (Fsp3) is 0.409. The van der Waals surface area contributed by atoms with Crippen molar-refractivity contribution in [3.63, 3.8) is 0 Å². The topological polar surface area (TPSA) is 143 Å². The average Bonchev–Trinajstić information content (AvgIpc) is 3.15. The minimum atomic E-state index is -0.704. The summed E-state index contributed by atoms with van der Waals surface area (Å²) in [6.45, 7) is 7.55. The van der Waals surface area contributed by atoms with E-state index in [1.165, 1.54) is 6.20 Å². The van der Waals surface area contributed by atoms with Crippen LogP contribution >= 0.6 is 11.3 Å². The number of Topliss-reactive ketones (excluding diaryl/α,β-unsaturated/α-hetero) is 1. The molecule has 2 amide bonds. The molecule has 3 rings (SSSR count). The molecule has 0 spiro atoms. The number of rotatable bonds is 6. The monoisotopic (exact) mass is 473 g/mol. The quantitative estimate of drug-likeness (QED) is 0.369. The van der Waals surface area contributed by atoms with Gasteiger partial charge in [0.1, 0.15) is 28.6 Å². The van der Waals surface area contributed by atoms with Crippen molar-refractivity contribution in [1.29, 1.82) is 0 Å². The van der Waals surface area contributed by atoms with E-state index in [0.717, 1.165) is 17.9 Å². The van der Waals surface area contributed by atoms with E-state index >= 15 is 0 Å². The second kappa shape index (κ2) is 9.99. The number of nitrogens with zero attached hydrogens (tertiary/aromatic N) is 2. The van der Waals surface area contributed by atoms with Gasteiger partial charge in [0.15, 0.2) is 5.13 Å². The number of ketones is 1. The summed E-state index contributed by atoms with van der Waals surface area (Å²) in [4.78, 5) is 45.7. The van der Waals surface area contributed by atoms with Crippen molar-refractivity contribution in [2.45, 2.75) is 46.1 Å². The van der Waals surface area contributed by atoms with Gasteiger partial charge < -0.3 is 25.8 Å². The number of allylic oxidation sites excluding steroid dienone is 1. The summed E-state index contributed by atoms with van der Waals surface area (Å²) in [6.07, 6.45) is 1.58. The van der Waals surface area contributed by atoms with Gasteiger partial charge in [0.25, 0.3) is 0 Å². The highest BCUT2D eigenvalue weighted by Gasteiger charge is 2.29. The number of nitrogens with one attached hydrogen (secondary N) is 3. The Kier molecular flexibility index (Phi) is 7.32. The third-order valence-electron chi connectivity index (χ3n) is 4.51. The smallest absolute Gasteiger partial charge is 0.408 e. The number of aryl methyl sites for hydroxylation is 1. The third-order valence-corrected chi connectivity index (χ3v) is 5.52. The van der Waals surface area contributed by atoms with Gasteiger partial charge in [-0.3, -0.25) is 9.59 Å². The van der Waals surface area contributed by atoms with Crippen molar-refractivity contribution < 1.29 is 24.2 Å². The summed E-state index contributed by atoms with van der Waals surface area (Å²) in [5.41, 5.74) is 0.636. The molecule has 4 N–H and O–H groups in total. The van der Waals surface area contributed by atoms with Gasteiger partial charge in [-0.15, -0.1) is 0 Å². The second-order valence-corrected chi connectivity index (χ2v) is 9.32. The molecule has 0 radical (unpaired) electrons. The largest absolute Gasteiger partial charge is 0.507 e. The number of alkyl carbamates (subject to hydrolysis) is 1. The van der Waals surface area contributed by atoms with E-state index in [1.54, 1.807) is 32.9 Å². The molecular formula is C22H27N5O5S. The number of hydrogen-bond donors (Lipinski definition) is 4. The van der Waals surface area contributed by atoms with Crippen molar-refractivity contribution >= 4 is 45.8 Å². The molecule has 1 aliphatic rings. The van der Waals surface area contributed by atoms with E-state index in [2.05, 4.69) is 25.9 Å². The first-order chi connectivity index (χ1) is 15.6. The van der Waals surface area contributed by atoms with E-state index < -0.39 is 17.6 Å². The number of hydrogen-bond acceptors (Lipinski definition) is 9. The van der Waals surface area contributed by atoms with Gasteiger partial charge in [0, 0.05) is 23.9 Å². The summed E-state index contributed by atoms with van der Waals surface area (Å²) in [6, 6.07) is 3.44. The molecule has 2 heterocycles. The predicted molar refractivity (Wildman–Crippen MR) is 126 cm³/mol. The molecule has 2 aromatic rings. The number of aliphatic hydroxyl groups excluding tert-OH is 1.